The normalized spacial score (nSPS) is 16.6. The van der Waals surface area contributed by atoms with Gasteiger partial charge in [0, 0.05) is 26.0 Å². The SMILES string of the molecule is COC1(CNc2snc(N)c2-c2ccncc2)CCC1. The largest absolute Gasteiger partial charge is 0.382 e. The smallest absolute Gasteiger partial charge is 0.147 e. The molecular weight excluding hydrogens is 272 g/mol. The van der Waals surface area contributed by atoms with Gasteiger partial charge in [0.2, 0.25) is 0 Å². The monoisotopic (exact) mass is 290 g/mol. The van der Waals surface area contributed by atoms with E-state index in [2.05, 4.69) is 14.7 Å². The lowest BCUT2D eigenvalue weighted by Gasteiger charge is -2.40. The number of nitrogens with zero attached hydrogens (tertiary/aromatic N) is 2. The number of anilines is 2. The highest BCUT2D eigenvalue weighted by atomic mass is 32.1. The summed E-state index contributed by atoms with van der Waals surface area (Å²) in [7, 11) is 1.78. The molecule has 2 heterocycles. The highest BCUT2D eigenvalue weighted by molar-refractivity contribution is 7.11. The van der Waals surface area contributed by atoms with Crippen LogP contribution in [0.5, 0.6) is 0 Å². The zero-order valence-electron chi connectivity index (χ0n) is 11.4. The molecule has 0 aromatic carbocycles. The summed E-state index contributed by atoms with van der Waals surface area (Å²) >= 11 is 1.39. The molecule has 0 atom stereocenters. The number of nitrogens with one attached hydrogen (secondary N) is 1. The predicted molar refractivity (Wildman–Crippen MR) is 81.8 cm³/mol. The number of ether oxygens (including phenoxy) is 1. The Hall–Kier alpha value is -1.66. The molecule has 0 aliphatic heterocycles. The summed E-state index contributed by atoms with van der Waals surface area (Å²) in [6.45, 7) is 0.795. The van der Waals surface area contributed by atoms with Crippen LogP contribution in [0.3, 0.4) is 0 Å². The molecule has 3 N–H and O–H groups in total. The molecule has 3 rings (SSSR count). The summed E-state index contributed by atoms with van der Waals surface area (Å²) < 4.78 is 9.89. The first-order valence-electron chi connectivity index (χ1n) is 6.69. The third kappa shape index (κ3) is 2.36. The van der Waals surface area contributed by atoms with E-state index in [0.717, 1.165) is 35.5 Å². The van der Waals surface area contributed by atoms with E-state index in [9.17, 15) is 0 Å². The van der Waals surface area contributed by atoms with E-state index >= 15 is 0 Å². The molecule has 5 nitrogen and oxygen atoms in total. The first-order chi connectivity index (χ1) is 9.74. The number of rotatable bonds is 5. The van der Waals surface area contributed by atoms with Crippen LogP contribution in [-0.4, -0.2) is 28.6 Å². The van der Waals surface area contributed by atoms with E-state index in [0.29, 0.717) is 5.82 Å². The lowest BCUT2D eigenvalue weighted by Crippen LogP contribution is -2.45. The van der Waals surface area contributed by atoms with Crippen LogP contribution >= 0.6 is 11.5 Å². The molecule has 2 aromatic heterocycles. The summed E-state index contributed by atoms with van der Waals surface area (Å²) in [4.78, 5) is 4.04. The van der Waals surface area contributed by atoms with Gasteiger partial charge >= 0.3 is 0 Å². The van der Waals surface area contributed by atoms with Gasteiger partial charge in [-0.3, -0.25) is 4.98 Å². The topological polar surface area (TPSA) is 73.1 Å². The maximum absolute atomic E-state index is 6.00. The molecule has 0 bridgehead atoms. The van der Waals surface area contributed by atoms with Crippen molar-refractivity contribution < 1.29 is 4.74 Å². The van der Waals surface area contributed by atoms with Crippen LogP contribution in [0.4, 0.5) is 10.8 Å². The van der Waals surface area contributed by atoms with Crippen LogP contribution in [0.25, 0.3) is 11.1 Å². The van der Waals surface area contributed by atoms with Crippen molar-refractivity contribution in [2.24, 2.45) is 0 Å². The minimum Gasteiger partial charge on any atom is -0.382 e. The maximum atomic E-state index is 6.00. The van der Waals surface area contributed by atoms with Gasteiger partial charge in [-0.05, 0) is 48.5 Å². The Morgan fingerprint density at radius 2 is 2.15 bits per heavy atom. The molecule has 0 spiro atoms. The minimum absolute atomic E-state index is 0.0196. The van der Waals surface area contributed by atoms with E-state index in [4.69, 9.17) is 10.5 Å². The fourth-order valence-corrected chi connectivity index (χ4v) is 3.22. The molecule has 2 aromatic rings. The van der Waals surface area contributed by atoms with Crippen molar-refractivity contribution in [3.05, 3.63) is 24.5 Å². The average Bonchev–Trinajstić information content (AvgIpc) is 2.80. The number of hydrogen-bond acceptors (Lipinski definition) is 6. The number of nitrogens with two attached hydrogens (primary N) is 1. The Morgan fingerprint density at radius 1 is 1.40 bits per heavy atom. The summed E-state index contributed by atoms with van der Waals surface area (Å²) in [6, 6.07) is 3.89. The Bertz CT molecular complexity index is 575. The van der Waals surface area contributed by atoms with Gasteiger partial charge in [0.15, 0.2) is 0 Å². The maximum Gasteiger partial charge on any atom is 0.147 e. The molecule has 1 saturated carbocycles. The van der Waals surface area contributed by atoms with Gasteiger partial charge in [0.05, 0.1) is 11.2 Å². The fourth-order valence-electron chi connectivity index (χ4n) is 2.49. The summed E-state index contributed by atoms with van der Waals surface area (Å²) in [5.41, 5.74) is 7.98. The van der Waals surface area contributed by atoms with Gasteiger partial charge in [0.25, 0.3) is 0 Å². The van der Waals surface area contributed by atoms with Gasteiger partial charge in [0.1, 0.15) is 10.8 Å². The second-order valence-electron chi connectivity index (χ2n) is 5.10. The zero-order valence-corrected chi connectivity index (χ0v) is 12.2. The molecule has 1 aliphatic carbocycles. The summed E-state index contributed by atoms with van der Waals surface area (Å²) in [6.07, 6.45) is 6.97. The Labute approximate surface area is 122 Å². The van der Waals surface area contributed by atoms with E-state index in [1.54, 1.807) is 19.5 Å². The molecular formula is C14H18N4OS. The van der Waals surface area contributed by atoms with Crippen LogP contribution < -0.4 is 11.1 Å². The number of aromatic nitrogens is 2. The minimum atomic E-state index is -0.0196. The highest BCUT2D eigenvalue weighted by Gasteiger charge is 2.37. The zero-order chi connectivity index (χ0) is 14.0. The standard InChI is InChI=1S/C14H18N4OS/c1-19-14(5-2-6-14)9-17-13-11(12(15)18-20-13)10-3-7-16-8-4-10/h3-4,7-8,17H,2,5-6,9H2,1H3,(H2,15,18). The molecule has 20 heavy (non-hydrogen) atoms. The van der Waals surface area contributed by atoms with Crippen LogP contribution in [0.1, 0.15) is 19.3 Å². The first-order valence-corrected chi connectivity index (χ1v) is 7.46. The molecule has 1 fully saturated rings. The third-order valence-electron chi connectivity index (χ3n) is 3.96. The van der Waals surface area contributed by atoms with Crippen molar-refractivity contribution in [1.82, 2.24) is 9.36 Å². The lowest BCUT2D eigenvalue weighted by atomic mass is 9.80. The molecule has 0 radical (unpaired) electrons. The number of pyridine rings is 1. The van der Waals surface area contributed by atoms with Gasteiger partial charge in [-0.2, -0.15) is 4.37 Å². The molecule has 0 unspecified atom stereocenters. The Kier molecular flexibility index (Phi) is 3.58. The second kappa shape index (κ2) is 5.38. The van der Waals surface area contributed by atoms with Crippen LogP contribution in [0.15, 0.2) is 24.5 Å². The van der Waals surface area contributed by atoms with Crippen molar-refractivity contribution in [3.63, 3.8) is 0 Å². The van der Waals surface area contributed by atoms with Gasteiger partial charge < -0.3 is 15.8 Å². The Balaban J connectivity index is 1.81. The number of hydrogen-bond donors (Lipinski definition) is 2. The molecule has 0 amide bonds. The van der Waals surface area contributed by atoms with Crippen molar-refractivity contribution in [3.8, 4) is 11.1 Å². The first kappa shape index (κ1) is 13.3. The van der Waals surface area contributed by atoms with E-state index in [1.807, 2.05) is 12.1 Å². The van der Waals surface area contributed by atoms with Crippen molar-refractivity contribution in [2.45, 2.75) is 24.9 Å². The van der Waals surface area contributed by atoms with E-state index < -0.39 is 0 Å². The number of nitrogen functional groups attached to an aromatic ring is 1. The Morgan fingerprint density at radius 3 is 2.75 bits per heavy atom. The van der Waals surface area contributed by atoms with Gasteiger partial charge in [-0.25, -0.2) is 0 Å². The molecule has 6 heteroatoms. The highest BCUT2D eigenvalue weighted by Crippen LogP contribution is 2.39. The quantitative estimate of drug-likeness (QED) is 0.886. The molecule has 1 aliphatic rings. The predicted octanol–water partition coefficient (Wildman–Crippen LogP) is 2.77. The van der Waals surface area contributed by atoms with E-state index in [1.165, 1.54) is 18.0 Å². The van der Waals surface area contributed by atoms with Crippen LogP contribution in [0, 0.1) is 0 Å². The van der Waals surface area contributed by atoms with Crippen molar-refractivity contribution in [1.29, 1.82) is 0 Å². The molecule has 106 valence electrons. The van der Waals surface area contributed by atoms with E-state index in [-0.39, 0.29) is 5.60 Å². The average molecular weight is 290 g/mol. The van der Waals surface area contributed by atoms with Crippen LogP contribution in [-0.2, 0) is 4.74 Å². The van der Waals surface area contributed by atoms with Crippen LogP contribution in [0.2, 0.25) is 0 Å². The molecule has 0 saturated heterocycles. The third-order valence-corrected chi connectivity index (χ3v) is 4.78. The summed E-state index contributed by atoms with van der Waals surface area (Å²) in [5, 5.41) is 4.45. The summed E-state index contributed by atoms with van der Waals surface area (Å²) in [5.74, 6) is 0.559. The fraction of sp³-hybridized carbons (Fsp3) is 0.429. The lowest BCUT2D eigenvalue weighted by molar-refractivity contribution is -0.0600. The van der Waals surface area contributed by atoms with Gasteiger partial charge in [-0.15, -0.1) is 0 Å². The number of methoxy groups -OCH3 is 1. The van der Waals surface area contributed by atoms with Gasteiger partial charge in [-0.1, -0.05) is 0 Å². The van der Waals surface area contributed by atoms with Crippen molar-refractivity contribution in [2.75, 3.05) is 24.7 Å². The van der Waals surface area contributed by atoms with Crippen molar-refractivity contribution >= 4 is 22.4 Å². The second-order valence-corrected chi connectivity index (χ2v) is 5.88.